The van der Waals surface area contributed by atoms with Crippen LogP contribution in [0, 0.1) is 0 Å². The van der Waals surface area contributed by atoms with E-state index in [-0.39, 0.29) is 0 Å². The second-order valence-corrected chi connectivity index (χ2v) is 3.58. The predicted molar refractivity (Wildman–Crippen MR) is 51.2 cm³/mol. The third kappa shape index (κ3) is 7.96. The lowest BCUT2D eigenvalue weighted by molar-refractivity contribution is -0.297. The van der Waals surface area contributed by atoms with Gasteiger partial charge in [0.2, 0.25) is 0 Å². The molecule has 0 aliphatic heterocycles. The summed E-state index contributed by atoms with van der Waals surface area (Å²) < 4.78 is 59.1. The Labute approximate surface area is 99.3 Å². The number of alkyl halides is 5. The van der Waals surface area contributed by atoms with Gasteiger partial charge in [-0.25, -0.2) is 4.79 Å². The molecular weight excluding hydrogens is 267 g/mol. The first-order chi connectivity index (χ1) is 7.79. The largest absolute Gasteiger partial charge is 0.478 e. The topological polar surface area (TPSA) is 77.8 Å². The zero-order chi connectivity index (χ0) is 15.2. The van der Waals surface area contributed by atoms with Gasteiger partial charge in [0.15, 0.2) is 0 Å². The molecule has 0 fully saturated rings. The molecule has 0 aliphatic rings. The van der Waals surface area contributed by atoms with Crippen LogP contribution in [0.2, 0.25) is 0 Å². The summed E-state index contributed by atoms with van der Waals surface area (Å²) in [6, 6.07) is 0. The summed E-state index contributed by atoms with van der Waals surface area (Å²) >= 11 is 0. The number of carboxylic acid groups (broad SMARTS) is 1. The van der Waals surface area contributed by atoms with E-state index in [2.05, 4.69) is 6.58 Å². The van der Waals surface area contributed by atoms with Gasteiger partial charge in [0.05, 0.1) is 18.6 Å². The van der Waals surface area contributed by atoms with Crippen molar-refractivity contribution in [1.82, 2.24) is 0 Å². The summed E-state index contributed by atoms with van der Waals surface area (Å²) in [5.41, 5.74) is -2.43. The third-order valence-electron chi connectivity index (χ3n) is 1.53. The van der Waals surface area contributed by atoms with Crippen molar-refractivity contribution < 1.29 is 42.1 Å². The van der Waals surface area contributed by atoms with Crippen LogP contribution in [0.3, 0.4) is 0 Å². The fourth-order valence-electron chi connectivity index (χ4n) is 0.634. The summed E-state index contributed by atoms with van der Waals surface area (Å²) in [4.78, 5) is 9.25. The normalized spacial score (nSPS) is 15.1. The summed E-state index contributed by atoms with van der Waals surface area (Å²) in [5.74, 6) is -5.97. The maximum atomic E-state index is 12.2. The number of carboxylic acids is 1. The SMILES string of the molecule is C=CC(=O)O.CC(O)(CO)CC(F)(F)C(F)(F)F. The van der Waals surface area contributed by atoms with E-state index in [1.165, 1.54) is 0 Å². The van der Waals surface area contributed by atoms with E-state index in [0.717, 1.165) is 6.08 Å². The van der Waals surface area contributed by atoms with Crippen LogP contribution in [0.25, 0.3) is 0 Å². The minimum absolute atomic E-state index is 0.701. The van der Waals surface area contributed by atoms with Gasteiger partial charge in [-0.2, -0.15) is 22.0 Å². The zero-order valence-corrected chi connectivity index (χ0v) is 9.34. The van der Waals surface area contributed by atoms with Gasteiger partial charge in [-0.05, 0) is 6.92 Å². The van der Waals surface area contributed by atoms with Crippen molar-refractivity contribution in [1.29, 1.82) is 0 Å². The summed E-state index contributed by atoms with van der Waals surface area (Å²) in [6.45, 7) is 2.51. The van der Waals surface area contributed by atoms with Crippen LogP contribution < -0.4 is 0 Å². The lowest BCUT2D eigenvalue weighted by atomic mass is 9.99. The van der Waals surface area contributed by atoms with Crippen molar-refractivity contribution in [2.45, 2.75) is 31.0 Å². The van der Waals surface area contributed by atoms with Gasteiger partial charge in [0, 0.05) is 6.08 Å². The number of aliphatic hydroxyl groups excluding tert-OH is 1. The number of aliphatic hydroxyl groups is 2. The maximum Gasteiger partial charge on any atom is 0.453 e. The van der Waals surface area contributed by atoms with Crippen LogP contribution in [0.5, 0.6) is 0 Å². The minimum Gasteiger partial charge on any atom is -0.478 e. The van der Waals surface area contributed by atoms with Crippen LogP contribution in [-0.2, 0) is 4.79 Å². The summed E-state index contributed by atoms with van der Waals surface area (Å²) in [5, 5.41) is 24.7. The lowest BCUT2D eigenvalue weighted by Gasteiger charge is -2.27. The first kappa shape index (κ1) is 19.1. The molecule has 1 atom stereocenters. The maximum absolute atomic E-state index is 12.2. The average Bonchev–Trinajstić information content (AvgIpc) is 2.15. The molecule has 0 saturated carbocycles. The quantitative estimate of drug-likeness (QED) is 0.539. The fourth-order valence-corrected chi connectivity index (χ4v) is 0.634. The molecule has 3 N–H and O–H groups in total. The molecule has 1 unspecified atom stereocenters. The molecule has 0 aromatic heterocycles. The number of hydrogen-bond acceptors (Lipinski definition) is 3. The Morgan fingerprint density at radius 3 is 1.78 bits per heavy atom. The zero-order valence-electron chi connectivity index (χ0n) is 9.34. The molecule has 4 nitrogen and oxygen atoms in total. The van der Waals surface area contributed by atoms with Crippen molar-refractivity contribution >= 4 is 5.97 Å². The van der Waals surface area contributed by atoms with E-state index in [0.29, 0.717) is 6.92 Å². The second-order valence-electron chi connectivity index (χ2n) is 3.58. The third-order valence-corrected chi connectivity index (χ3v) is 1.53. The van der Waals surface area contributed by atoms with E-state index < -0.39 is 36.7 Å². The van der Waals surface area contributed by atoms with Gasteiger partial charge in [-0.15, -0.1) is 0 Å². The number of halogens is 5. The molecule has 0 aromatic carbocycles. The minimum atomic E-state index is -5.70. The highest BCUT2D eigenvalue weighted by Crippen LogP contribution is 2.40. The molecule has 0 saturated heterocycles. The molecule has 0 rings (SSSR count). The molecule has 0 aliphatic carbocycles. The lowest BCUT2D eigenvalue weighted by Crippen LogP contribution is -2.45. The molecule has 108 valence electrons. The van der Waals surface area contributed by atoms with Crippen LogP contribution in [0.1, 0.15) is 13.3 Å². The van der Waals surface area contributed by atoms with Crippen LogP contribution in [0.4, 0.5) is 22.0 Å². The highest BCUT2D eigenvalue weighted by atomic mass is 19.4. The van der Waals surface area contributed by atoms with Gasteiger partial charge < -0.3 is 15.3 Å². The Morgan fingerprint density at radius 2 is 1.61 bits per heavy atom. The number of rotatable bonds is 4. The smallest absolute Gasteiger partial charge is 0.453 e. The van der Waals surface area contributed by atoms with Crippen molar-refractivity contribution in [3.63, 3.8) is 0 Å². The van der Waals surface area contributed by atoms with Crippen LogP contribution >= 0.6 is 0 Å². The Balaban J connectivity index is 0. The van der Waals surface area contributed by atoms with E-state index in [1.54, 1.807) is 0 Å². The van der Waals surface area contributed by atoms with Gasteiger partial charge in [-0.3, -0.25) is 0 Å². The fraction of sp³-hybridized carbons (Fsp3) is 0.667. The van der Waals surface area contributed by atoms with Crippen molar-refractivity contribution in [2.24, 2.45) is 0 Å². The van der Waals surface area contributed by atoms with E-state index in [4.69, 9.17) is 15.3 Å². The molecule has 0 radical (unpaired) electrons. The average molecular weight is 280 g/mol. The molecule has 9 heteroatoms. The molecule has 18 heavy (non-hydrogen) atoms. The number of aliphatic carboxylic acids is 1. The van der Waals surface area contributed by atoms with E-state index in [9.17, 15) is 26.7 Å². The predicted octanol–water partition coefficient (Wildman–Crippen LogP) is 1.57. The van der Waals surface area contributed by atoms with Gasteiger partial charge in [-0.1, -0.05) is 6.58 Å². The highest BCUT2D eigenvalue weighted by molar-refractivity contribution is 5.78. The first-order valence-electron chi connectivity index (χ1n) is 4.42. The van der Waals surface area contributed by atoms with Gasteiger partial charge >= 0.3 is 18.1 Å². The molecule has 0 heterocycles. The highest BCUT2D eigenvalue weighted by Gasteiger charge is 2.59. The second kappa shape index (κ2) is 6.64. The summed E-state index contributed by atoms with van der Waals surface area (Å²) in [7, 11) is 0. The number of carbonyl (C=O) groups is 1. The van der Waals surface area contributed by atoms with Crippen molar-refractivity contribution in [3.8, 4) is 0 Å². The standard InChI is InChI=1S/C6H9F5O2.C3H4O2/c1-4(13,3-12)2-5(7,8)6(9,10)11;1-2-3(4)5/h12-13H,2-3H2,1H3;2H,1H2,(H,4,5). The van der Waals surface area contributed by atoms with Crippen LogP contribution in [0.15, 0.2) is 12.7 Å². The van der Waals surface area contributed by atoms with Crippen LogP contribution in [-0.4, -0.2) is 45.6 Å². The monoisotopic (exact) mass is 280 g/mol. The Morgan fingerprint density at radius 1 is 1.28 bits per heavy atom. The Bertz CT molecular complexity index is 285. The molecule has 0 spiro atoms. The number of hydrogen-bond donors (Lipinski definition) is 3. The van der Waals surface area contributed by atoms with Gasteiger partial charge in [0.1, 0.15) is 0 Å². The van der Waals surface area contributed by atoms with E-state index in [1.807, 2.05) is 0 Å². The molecule has 0 amide bonds. The Kier molecular flexibility index (Phi) is 7.06. The molecular formula is C9H13F5O4. The molecule has 0 bridgehead atoms. The summed E-state index contributed by atoms with van der Waals surface area (Å²) in [6.07, 6.45) is -6.72. The Hall–Kier alpha value is -1.22. The van der Waals surface area contributed by atoms with E-state index >= 15 is 0 Å². The first-order valence-corrected chi connectivity index (χ1v) is 4.42. The molecule has 0 aromatic rings. The van der Waals surface area contributed by atoms with Gasteiger partial charge in [0.25, 0.3) is 0 Å². The van der Waals surface area contributed by atoms with Crippen molar-refractivity contribution in [2.75, 3.05) is 6.61 Å². The van der Waals surface area contributed by atoms with Crippen molar-refractivity contribution in [3.05, 3.63) is 12.7 Å².